The lowest BCUT2D eigenvalue weighted by Gasteiger charge is -2.25. The zero-order chi connectivity index (χ0) is 17.6. The Morgan fingerprint density at radius 2 is 2.16 bits per heavy atom. The van der Waals surface area contributed by atoms with E-state index in [2.05, 4.69) is 63.8 Å². The molecular formula is C19H32N6. The van der Waals surface area contributed by atoms with E-state index >= 15 is 0 Å². The number of hydrogen-bond donors (Lipinski definition) is 1. The minimum atomic E-state index is 0.610. The molecule has 1 fully saturated rings. The molecule has 6 nitrogen and oxygen atoms in total. The Labute approximate surface area is 151 Å². The minimum absolute atomic E-state index is 0.610. The minimum Gasteiger partial charge on any atom is -0.357 e. The van der Waals surface area contributed by atoms with Gasteiger partial charge in [-0.25, -0.2) is 9.98 Å². The van der Waals surface area contributed by atoms with Crippen LogP contribution >= 0.6 is 0 Å². The van der Waals surface area contributed by atoms with E-state index in [0.29, 0.717) is 18.5 Å². The van der Waals surface area contributed by atoms with E-state index in [4.69, 9.17) is 4.99 Å². The van der Waals surface area contributed by atoms with E-state index in [-0.39, 0.29) is 0 Å². The van der Waals surface area contributed by atoms with Crippen LogP contribution in [0, 0.1) is 5.92 Å². The van der Waals surface area contributed by atoms with Gasteiger partial charge in [-0.05, 0) is 19.3 Å². The van der Waals surface area contributed by atoms with Crippen LogP contribution in [0.3, 0.4) is 0 Å². The third kappa shape index (κ3) is 4.63. The molecule has 3 heterocycles. The van der Waals surface area contributed by atoms with Crippen molar-refractivity contribution in [2.75, 3.05) is 32.7 Å². The molecule has 0 amide bonds. The van der Waals surface area contributed by atoms with Crippen molar-refractivity contribution in [3.05, 3.63) is 30.4 Å². The summed E-state index contributed by atoms with van der Waals surface area (Å²) in [5, 5.41) is 3.46. The molecule has 0 aromatic carbocycles. The van der Waals surface area contributed by atoms with Crippen LogP contribution in [0.4, 0.5) is 0 Å². The van der Waals surface area contributed by atoms with Crippen LogP contribution in [0.5, 0.6) is 0 Å². The Balaban J connectivity index is 1.62. The monoisotopic (exact) mass is 344 g/mol. The van der Waals surface area contributed by atoms with Gasteiger partial charge in [0.15, 0.2) is 5.96 Å². The highest BCUT2D eigenvalue weighted by Gasteiger charge is 2.29. The van der Waals surface area contributed by atoms with Gasteiger partial charge in [-0.15, -0.1) is 0 Å². The van der Waals surface area contributed by atoms with Crippen LogP contribution in [0.1, 0.15) is 33.0 Å². The molecule has 1 aromatic rings. The fourth-order valence-electron chi connectivity index (χ4n) is 3.65. The van der Waals surface area contributed by atoms with Crippen molar-refractivity contribution >= 4 is 5.96 Å². The number of nitrogens with one attached hydrogen (secondary N) is 1. The Morgan fingerprint density at radius 1 is 1.36 bits per heavy atom. The molecule has 1 N–H and O–H groups in total. The highest BCUT2D eigenvalue weighted by atomic mass is 15.3. The molecule has 1 atom stereocenters. The van der Waals surface area contributed by atoms with E-state index in [1.807, 2.05) is 6.20 Å². The lowest BCUT2D eigenvalue weighted by Crippen LogP contribution is -2.42. The average Bonchev–Trinajstić information content (AvgIpc) is 3.32. The molecule has 0 aliphatic carbocycles. The maximum atomic E-state index is 4.88. The van der Waals surface area contributed by atoms with E-state index in [1.54, 1.807) is 0 Å². The summed E-state index contributed by atoms with van der Waals surface area (Å²) < 4.78 is 2.22. The van der Waals surface area contributed by atoms with Crippen molar-refractivity contribution in [1.82, 2.24) is 24.7 Å². The highest BCUT2D eigenvalue weighted by molar-refractivity contribution is 5.80. The molecule has 2 aliphatic rings. The van der Waals surface area contributed by atoms with Gasteiger partial charge in [0, 0.05) is 57.7 Å². The summed E-state index contributed by atoms with van der Waals surface area (Å²) in [7, 11) is 0. The zero-order valence-electron chi connectivity index (χ0n) is 15.9. The van der Waals surface area contributed by atoms with Crippen LogP contribution in [-0.2, 0) is 13.1 Å². The van der Waals surface area contributed by atoms with Crippen molar-refractivity contribution in [3.63, 3.8) is 0 Å². The van der Waals surface area contributed by atoms with Gasteiger partial charge in [0.05, 0.1) is 0 Å². The van der Waals surface area contributed by atoms with Gasteiger partial charge >= 0.3 is 0 Å². The van der Waals surface area contributed by atoms with Crippen LogP contribution in [-0.4, -0.2) is 64.1 Å². The summed E-state index contributed by atoms with van der Waals surface area (Å²) in [5.74, 6) is 2.68. The predicted molar refractivity (Wildman–Crippen MR) is 103 cm³/mol. The summed E-state index contributed by atoms with van der Waals surface area (Å²) >= 11 is 0. The summed E-state index contributed by atoms with van der Waals surface area (Å²) in [5.41, 5.74) is 0. The first-order valence-corrected chi connectivity index (χ1v) is 9.59. The van der Waals surface area contributed by atoms with Crippen LogP contribution in [0.2, 0.25) is 0 Å². The second kappa shape index (κ2) is 8.52. The second-order valence-electron chi connectivity index (χ2n) is 7.37. The number of aliphatic imine (C=N–C) groups is 1. The molecule has 0 spiro atoms. The molecule has 6 heteroatoms. The summed E-state index contributed by atoms with van der Waals surface area (Å²) in [6.45, 7) is 13.4. The smallest absolute Gasteiger partial charge is 0.194 e. The Morgan fingerprint density at radius 3 is 2.88 bits per heavy atom. The highest BCUT2D eigenvalue weighted by Crippen LogP contribution is 2.18. The van der Waals surface area contributed by atoms with Crippen molar-refractivity contribution in [2.45, 2.75) is 46.3 Å². The largest absolute Gasteiger partial charge is 0.357 e. The van der Waals surface area contributed by atoms with E-state index in [9.17, 15) is 0 Å². The predicted octanol–water partition coefficient (Wildman–Crippen LogP) is 1.95. The zero-order valence-corrected chi connectivity index (χ0v) is 15.9. The number of imidazole rings is 1. The van der Waals surface area contributed by atoms with Crippen LogP contribution < -0.4 is 5.32 Å². The van der Waals surface area contributed by atoms with Gasteiger partial charge in [0.2, 0.25) is 0 Å². The average molecular weight is 345 g/mol. The van der Waals surface area contributed by atoms with Crippen LogP contribution in [0.15, 0.2) is 29.5 Å². The topological polar surface area (TPSA) is 48.7 Å². The Kier molecular flexibility index (Phi) is 6.13. The summed E-state index contributed by atoms with van der Waals surface area (Å²) in [6.07, 6.45) is 9.71. The van der Waals surface area contributed by atoms with Gasteiger partial charge in [-0.1, -0.05) is 26.0 Å². The van der Waals surface area contributed by atoms with Crippen molar-refractivity contribution in [2.24, 2.45) is 10.9 Å². The van der Waals surface area contributed by atoms with E-state index < -0.39 is 0 Å². The summed E-state index contributed by atoms with van der Waals surface area (Å²) in [4.78, 5) is 14.3. The molecular weight excluding hydrogens is 312 g/mol. The van der Waals surface area contributed by atoms with Gasteiger partial charge in [0.1, 0.15) is 12.4 Å². The third-order valence-electron chi connectivity index (χ3n) is 4.89. The summed E-state index contributed by atoms with van der Waals surface area (Å²) in [6, 6.07) is 0.641. The van der Waals surface area contributed by atoms with Gasteiger partial charge in [-0.2, -0.15) is 0 Å². The van der Waals surface area contributed by atoms with Gasteiger partial charge < -0.3 is 14.8 Å². The number of rotatable bonds is 6. The van der Waals surface area contributed by atoms with Gasteiger partial charge in [-0.3, -0.25) is 4.90 Å². The molecule has 1 unspecified atom stereocenters. The van der Waals surface area contributed by atoms with E-state index in [0.717, 1.165) is 51.1 Å². The Hall–Kier alpha value is -1.82. The van der Waals surface area contributed by atoms with Crippen molar-refractivity contribution < 1.29 is 0 Å². The fourth-order valence-corrected chi connectivity index (χ4v) is 3.65. The molecule has 0 radical (unpaired) electrons. The van der Waals surface area contributed by atoms with Crippen LogP contribution in [0.25, 0.3) is 0 Å². The molecule has 0 bridgehead atoms. The molecule has 1 saturated heterocycles. The fraction of sp³-hybridized carbons (Fsp3) is 0.684. The second-order valence-corrected chi connectivity index (χ2v) is 7.37. The van der Waals surface area contributed by atoms with Gasteiger partial charge in [0.25, 0.3) is 0 Å². The number of nitrogens with zero attached hydrogens (tertiary/aromatic N) is 5. The number of hydrogen-bond acceptors (Lipinski definition) is 3. The first-order chi connectivity index (χ1) is 12.2. The van der Waals surface area contributed by atoms with Crippen molar-refractivity contribution in [1.29, 1.82) is 0 Å². The lowest BCUT2D eigenvalue weighted by molar-refractivity contribution is 0.259. The molecule has 138 valence electrons. The third-order valence-corrected chi connectivity index (χ3v) is 4.89. The lowest BCUT2D eigenvalue weighted by atomic mass is 10.2. The van der Waals surface area contributed by atoms with Crippen molar-refractivity contribution in [3.8, 4) is 0 Å². The normalized spacial score (nSPS) is 21.7. The molecule has 3 rings (SSSR count). The standard InChI is InChI=1S/C19H32N6/c1-4-20-19(22-13-18-21-8-12-24(18)14-16(2)3)25-11-7-17(15-25)23-9-5-6-10-23/h5-6,8,12,16-17H,4,7,9-11,13-15H2,1-3H3,(H,20,22). The molecule has 0 saturated carbocycles. The first kappa shape index (κ1) is 18.0. The first-order valence-electron chi connectivity index (χ1n) is 9.59. The maximum absolute atomic E-state index is 4.88. The number of aromatic nitrogens is 2. The molecule has 2 aliphatic heterocycles. The maximum Gasteiger partial charge on any atom is 0.194 e. The molecule has 25 heavy (non-hydrogen) atoms. The number of guanidine groups is 1. The molecule has 1 aromatic heterocycles. The van der Waals surface area contributed by atoms with E-state index in [1.165, 1.54) is 6.42 Å². The number of likely N-dealkylation sites (tertiary alicyclic amines) is 1. The quantitative estimate of drug-likeness (QED) is 0.487. The SMILES string of the molecule is CCNC(=NCc1nccn1CC(C)C)N1CCC(N2CC=CC2)C1. The Bertz CT molecular complexity index is 595.